The van der Waals surface area contributed by atoms with Gasteiger partial charge in [-0.15, -0.1) is 11.8 Å². The summed E-state index contributed by atoms with van der Waals surface area (Å²) in [6, 6.07) is 41.0. The number of hydrogen-bond acceptors (Lipinski definition) is 5. The van der Waals surface area contributed by atoms with Gasteiger partial charge in [0.25, 0.3) is 0 Å². The van der Waals surface area contributed by atoms with Crippen LogP contribution in [0.3, 0.4) is 0 Å². The van der Waals surface area contributed by atoms with E-state index < -0.39 is 0 Å². The first kappa shape index (κ1) is 23.6. The average Bonchev–Trinajstić information content (AvgIpc) is 2.88. The second kappa shape index (κ2) is 13.2. The molecule has 4 aromatic rings. The number of hydrogen-bond donors (Lipinski definition) is 0. The Kier molecular flexibility index (Phi) is 9.41. The zero-order valence-corrected chi connectivity index (χ0v) is 20.6. The highest BCUT2D eigenvalue weighted by molar-refractivity contribution is 8.78. The van der Waals surface area contributed by atoms with Gasteiger partial charge in [0.2, 0.25) is 0 Å². The predicted molar refractivity (Wildman–Crippen MR) is 147 cm³/mol. The number of thioether (sulfide) groups is 1. The first-order valence-corrected chi connectivity index (χ1v) is 14.0. The Morgan fingerprint density at radius 2 is 1.27 bits per heavy atom. The molecular weight excluding hydrogens is 463 g/mol. The largest absolute Gasteiger partial charge is 0.443 e. The van der Waals surface area contributed by atoms with Gasteiger partial charge < -0.3 is 4.74 Å². The molecule has 1 unspecified atom stereocenters. The molecule has 0 aliphatic carbocycles. The number of nitrogens with zero attached hydrogens (tertiary/aromatic N) is 1. The number of ether oxygens (including phenoxy) is 1. The van der Waals surface area contributed by atoms with Crippen LogP contribution in [0.5, 0.6) is 5.75 Å². The van der Waals surface area contributed by atoms with E-state index in [0.717, 1.165) is 23.1 Å². The van der Waals surface area contributed by atoms with Crippen LogP contribution in [0.25, 0.3) is 0 Å². The molecule has 0 amide bonds. The van der Waals surface area contributed by atoms with Gasteiger partial charge >= 0.3 is 0 Å². The van der Waals surface area contributed by atoms with E-state index in [4.69, 9.17) is 9.73 Å². The Hall–Kier alpha value is -2.60. The lowest BCUT2D eigenvalue weighted by molar-refractivity contribution is 0.535. The molecule has 5 heteroatoms. The smallest absolute Gasteiger partial charge is 0.197 e. The van der Waals surface area contributed by atoms with Crippen LogP contribution in [0.4, 0.5) is 5.69 Å². The summed E-state index contributed by atoms with van der Waals surface area (Å²) in [7, 11) is 3.67. The monoisotopic (exact) mass is 487 g/mol. The van der Waals surface area contributed by atoms with E-state index >= 15 is 0 Å². The van der Waals surface area contributed by atoms with E-state index in [1.54, 1.807) is 10.8 Å². The van der Waals surface area contributed by atoms with Crippen molar-refractivity contribution in [2.75, 3.05) is 0 Å². The molecule has 0 spiro atoms. The van der Waals surface area contributed by atoms with Gasteiger partial charge in [-0.1, -0.05) is 107 Å². The third kappa shape index (κ3) is 8.35. The zero-order chi connectivity index (χ0) is 22.6. The van der Waals surface area contributed by atoms with Crippen molar-refractivity contribution in [1.82, 2.24) is 0 Å². The highest BCUT2D eigenvalue weighted by atomic mass is 33.1. The maximum atomic E-state index is 6.27. The van der Waals surface area contributed by atoms with Crippen molar-refractivity contribution in [2.45, 2.75) is 21.7 Å². The van der Waals surface area contributed by atoms with Crippen LogP contribution in [0.2, 0.25) is 0 Å². The van der Waals surface area contributed by atoms with E-state index in [1.165, 1.54) is 10.5 Å². The van der Waals surface area contributed by atoms with E-state index in [9.17, 15) is 0 Å². The van der Waals surface area contributed by atoms with Gasteiger partial charge in [-0.05, 0) is 42.0 Å². The summed E-state index contributed by atoms with van der Waals surface area (Å²) in [6.07, 6.45) is 0.714. The zero-order valence-electron chi connectivity index (χ0n) is 18.1. The molecule has 0 saturated heterocycles. The molecule has 4 aromatic carbocycles. The van der Waals surface area contributed by atoms with Crippen molar-refractivity contribution in [2.24, 2.45) is 4.99 Å². The molecule has 0 N–H and O–H groups in total. The molecule has 0 aliphatic rings. The second-order valence-electron chi connectivity index (χ2n) is 7.18. The molecule has 0 saturated carbocycles. The summed E-state index contributed by atoms with van der Waals surface area (Å²) >= 11 is 1.92. The van der Waals surface area contributed by atoms with Gasteiger partial charge in [0.15, 0.2) is 5.90 Å². The molecule has 0 heterocycles. The molecule has 0 aliphatic heterocycles. The topological polar surface area (TPSA) is 21.6 Å². The molecule has 0 aromatic heterocycles. The minimum Gasteiger partial charge on any atom is -0.443 e. The highest BCUT2D eigenvalue weighted by Gasteiger charge is 2.17. The van der Waals surface area contributed by atoms with Crippen molar-refractivity contribution in [1.29, 1.82) is 0 Å². The van der Waals surface area contributed by atoms with Crippen LogP contribution in [-0.4, -0.2) is 10.5 Å². The lowest BCUT2D eigenvalue weighted by Crippen LogP contribution is -2.14. The molecule has 33 heavy (non-hydrogen) atoms. The number of benzene rings is 4. The summed E-state index contributed by atoms with van der Waals surface area (Å²) in [6.45, 7) is 0. The van der Waals surface area contributed by atoms with E-state index in [2.05, 4.69) is 60.7 Å². The molecule has 0 bridgehead atoms. The molecular formula is C28H25NOS3. The Balaban J connectivity index is 1.52. The predicted octanol–water partition coefficient (Wildman–Crippen LogP) is 8.89. The summed E-state index contributed by atoms with van der Waals surface area (Å²) in [4.78, 5) is 6.11. The number of aliphatic imine (C=N–C) groups is 1. The second-order valence-corrected chi connectivity index (χ2v) is 11.1. The minimum absolute atomic E-state index is 0.265. The fraction of sp³-hybridized carbons (Fsp3) is 0.107. The SMILES string of the molecule is c1ccc(CSC(C/C(=N/c2ccccc2)Oc2ccccc2)SSc2ccccc2)cc1. The molecule has 2 nitrogen and oxygen atoms in total. The average molecular weight is 488 g/mol. The molecule has 166 valence electrons. The number of rotatable bonds is 10. The van der Waals surface area contributed by atoms with Crippen LogP contribution in [0.15, 0.2) is 131 Å². The van der Waals surface area contributed by atoms with Crippen LogP contribution in [0, 0.1) is 0 Å². The third-order valence-corrected chi connectivity index (χ3v) is 9.21. The molecule has 1 atom stereocenters. The Morgan fingerprint density at radius 3 is 1.94 bits per heavy atom. The lowest BCUT2D eigenvalue weighted by Gasteiger charge is -2.18. The molecule has 0 radical (unpaired) electrons. The Labute approximate surface area is 208 Å². The van der Waals surface area contributed by atoms with Gasteiger partial charge in [-0.3, -0.25) is 0 Å². The van der Waals surface area contributed by atoms with Gasteiger partial charge in [0.1, 0.15) is 5.75 Å². The maximum absolute atomic E-state index is 6.27. The van der Waals surface area contributed by atoms with Gasteiger partial charge in [0.05, 0.1) is 10.3 Å². The first-order valence-electron chi connectivity index (χ1n) is 10.7. The van der Waals surface area contributed by atoms with Crippen molar-refractivity contribution in [3.63, 3.8) is 0 Å². The van der Waals surface area contributed by atoms with Crippen LogP contribution < -0.4 is 4.74 Å². The lowest BCUT2D eigenvalue weighted by atomic mass is 10.2. The highest BCUT2D eigenvalue weighted by Crippen LogP contribution is 2.42. The third-order valence-electron chi connectivity index (χ3n) is 4.60. The molecule has 4 rings (SSSR count). The van der Waals surface area contributed by atoms with Crippen molar-refractivity contribution < 1.29 is 4.74 Å². The minimum atomic E-state index is 0.265. The maximum Gasteiger partial charge on any atom is 0.197 e. The quantitative estimate of drug-likeness (QED) is 0.0963. The Morgan fingerprint density at radius 1 is 0.697 bits per heavy atom. The van der Waals surface area contributed by atoms with Crippen molar-refractivity contribution >= 4 is 44.9 Å². The van der Waals surface area contributed by atoms with Gasteiger partial charge in [-0.2, -0.15) is 0 Å². The summed E-state index contributed by atoms with van der Waals surface area (Å²) < 4.78 is 6.53. The van der Waals surface area contributed by atoms with Crippen LogP contribution in [0.1, 0.15) is 12.0 Å². The summed E-state index contributed by atoms with van der Waals surface area (Å²) in [5.74, 6) is 2.47. The summed E-state index contributed by atoms with van der Waals surface area (Å²) in [5, 5.41) is 0. The fourth-order valence-corrected chi connectivity index (χ4v) is 6.99. The van der Waals surface area contributed by atoms with Crippen molar-refractivity contribution in [3.05, 3.63) is 127 Å². The Bertz CT molecular complexity index is 1060. The number of para-hydroxylation sites is 2. The normalized spacial score (nSPS) is 12.3. The van der Waals surface area contributed by atoms with E-state index in [0.29, 0.717) is 6.42 Å². The van der Waals surface area contributed by atoms with Crippen LogP contribution in [-0.2, 0) is 5.75 Å². The van der Waals surface area contributed by atoms with Crippen LogP contribution >= 0.6 is 33.3 Å². The summed E-state index contributed by atoms with van der Waals surface area (Å²) in [5.41, 5.74) is 2.22. The molecule has 0 fully saturated rings. The first-order chi connectivity index (χ1) is 16.3. The van der Waals surface area contributed by atoms with Gasteiger partial charge in [-0.25, -0.2) is 4.99 Å². The van der Waals surface area contributed by atoms with E-state index in [-0.39, 0.29) is 4.58 Å². The van der Waals surface area contributed by atoms with Gasteiger partial charge in [0, 0.05) is 17.1 Å². The van der Waals surface area contributed by atoms with Crippen molar-refractivity contribution in [3.8, 4) is 5.75 Å². The standard InChI is InChI=1S/C28H25NOS3/c1-5-13-23(14-6-1)22-31-28(33-32-26-19-11-4-12-20-26)21-27(29-24-15-7-2-8-16-24)30-25-17-9-3-10-18-25/h1-20,28H,21-22H2/b29-27-. The fourth-order valence-electron chi connectivity index (χ4n) is 2.99. The van der Waals surface area contributed by atoms with E-state index in [1.807, 2.05) is 83.2 Å².